The van der Waals surface area contributed by atoms with E-state index in [9.17, 15) is 23.5 Å². The highest BCUT2D eigenvalue weighted by molar-refractivity contribution is 5.80. The monoisotopic (exact) mass is 303 g/mol. The smallest absolute Gasteiger partial charge is 0.308 e. The van der Waals surface area contributed by atoms with Crippen molar-refractivity contribution >= 4 is 11.9 Å². The molecule has 21 heavy (non-hydrogen) atoms. The zero-order valence-corrected chi connectivity index (χ0v) is 12.1. The average Bonchev–Trinajstić information content (AvgIpc) is 2.64. The minimum absolute atomic E-state index is 0.184. The summed E-state index contributed by atoms with van der Waals surface area (Å²) < 4.78 is 26.2. The van der Waals surface area contributed by atoms with Gasteiger partial charge in [-0.1, -0.05) is 19.3 Å². The third-order valence-electron chi connectivity index (χ3n) is 4.75. The maximum Gasteiger partial charge on any atom is 0.308 e. The van der Waals surface area contributed by atoms with E-state index in [1.165, 1.54) is 0 Å². The van der Waals surface area contributed by atoms with Gasteiger partial charge in [-0.15, -0.1) is 0 Å². The first-order valence-electron chi connectivity index (χ1n) is 7.80. The zero-order valence-electron chi connectivity index (χ0n) is 12.1. The summed E-state index contributed by atoms with van der Waals surface area (Å²) in [7, 11) is 0. The Morgan fingerprint density at radius 1 is 1.00 bits per heavy atom. The van der Waals surface area contributed by atoms with Gasteiger partial charge in [0.25, 0.3) is 0 Å². The first-order valence-corrected chi connectivity index (χ1v) is 7.80. The van der Waals surface area contributed by atoms with Crippen molar-refractivity contribution in [3.05, 3.63) is 0 Å². The van der Waals surface area contributed by atoms with E-state index in [4.69, 9.17) is 0 Å². The van der Waals surface area contributed by atoms with Crippen molar-refractivity contribution in [2.45, 2.75) is 69.8 Å². The molecule has 4 nitrogen and oxygen atoms in total. The van der Waals surface area contributed by atoms with Crippen molar-refractivity contribution in [2.24, 2.45) is 11.8 Å². The Labute approximate surface area is 123 Å². The Hall–Kier alpha value is -1.20. The number of hydrogen-bond acceptors (Lipinski definition) is 2. The van der Waals surface area contributed by atoms with E-state index >= 15 is 0 Å². The van der Waals surface area contributed by atoms with Crippen molar-refractivity contribution < 1.29 is 23.5 Å². The van der Waals surface area contributed by atoms with E-state index < -0.39 is 23.7 Å². The average molecular weight is 303 g/mol. The number of carboxylic acids is 1. The maximum atomic E-state index is 13.1. The van der Waals surface area contributed by atoms with Gasteiger partial charge in [0, 0.05) is 24.8 Å². The summed E-state index contributed by atoms with van der Waals surface area (Å²) in [5, 5.41) is 12.1. The molecular weight excluding hydrogens is 280 g/mol. The second-order valence-electron chi connectivity index (χ2n) is 6.33. The van der Waals surface area contributed by atoms with Crippen LogP contribution in [0.15, 0.2) is 0 Å². The SMILES string of the molecule is O=C(NC1CCCCCC1C(=O)O)C1CCC(F)(F)CC1. The molecule has 2 atom stereocenters. The predicted molar refractivity (Wildman–Crippen MR) is 73.0 cm³/mol. The molecule has 2 saturated carbocycles. The van der Waals surface area contributed by atoms with Crippen molar-refractivity contribution in [1.29, 1.82) is 0 Å². The van der Waals surface area contributed by atoms with E-state index in [2.05, 4.69) is 5.32 Å². The fourth-order valence-electron chi connectivity index (χ4n) is 3.38. The van der Waals surface area contributed by atoms with Gasteiger partial charge in [0.15, 0.2) is 0 Å². The molecule has 2 unspecified atom stereocenters. The summed E-state index contributed by atoms with van der Waals surface area (Å²) in [4.78, 5) is 23.5. The summed E-state index contributed by atoms with van der Waals surface area (Å²) in [6, 6.07) is -0.361. The molecule has 0 aliphatic heterocycles. The maximum absolute atomic E-state index is 13.1. The first kappa shape index (κ1) is 16.2. The minimum Gasteiger partial charge on any atom is -0.481 e. The van der Waals surface area contributed by atoms with Crippen LogP contribution in [0, 0.1) is 11.8 Å². The lowest BCUT2D eigenvalue weighted by molar-refractivity contribution is -0.143. The molecule has 0 spiro atoms. The Morgan fingerprint density at radius 3 is 2.24 bits per heavy atom. The lowest BCUT2D eigenvalue weighted by Crippen LogP contribution is -2.46. The van der Waals surface area contributed by atoms with Crippen LogP contribution in [0.3, 0.4) is 0 Å². The number of halogens is 2. The van der Waals surface area contributed by atoms with Gasteiger partial charge in [-0.3, -0.25) is 9.59 Å². The molecule has 0 saturated heterocycles. The number of nitrogens with one attached hydrogen (secondary N) is 1. The standard InChI is InChI=1S/C15H23F2NO3/c16-15(17)8-6-10(7-9-15)13(19)18-12-5-3-1-2-4-11(12)14(20)21/h10-12H,1-9H2,(H,18,19)(H,20,21). The Balaban J connectivity index is 1.92. The predicted octanol–water partition coefficient (Wildman–Crippen LogP) is 2.96. The van der Waals surface area contributed by atoms with Gasteiger partial charge in [0.2, 0.25) is 11.8 Å². The molecule has 2 aliphatic carbocycles. The van der Waals surface area contributed by atoms with Gasteiger partial charge >= 0.3 is 5.97 Å². The van der Waals surface area contributed by atoms with Gasteiger partial charge in [-0.05, 0) is 25.7 Å². The summed E-state index contributed by atoms with van der Waals surface area (Å²) in [5.41, 5.74) is 0. The number of carbonyl (C=O) groups excluding carboxylic acids is 1. The highest BCUT2D eigenvalue weighted by Crippen LogP contribution is 2.36. The Bertz CT molecular complexity index is 390. The van der Waals surface area contributed by atoms with E-state index in [0.29, 0.717) is 12.8 Å². The van der Waals surface area contributed by atoms with E-state index in [1.807, 2.05) is 0 Å². The van der Waals surface area contributed by atoms with Crippen LogP contribution in [0.25, 0.3) is 0 Å². The molecule has 2 fully saturated rings. The molecule has 0 bridgehead atoms. The summed E-state index contributed by atoms with van der Waals surface area (Å²) in [5.74, 6) is -4.73. The van der Waals surface area contributed by atoms with E-state index in [-0.39, 0.29) is 37.6 Å². The quantitative estimate of drug-likeness (QED) is 0.788. The molecule has 0 heterocycles. The van der Waals surface area contributed by atoms with Crippen LogP contribution in [-0.4, -0.2) is 28.9 Å². The zero-order chi connectivity index (χ0) is 15.5. The van der Waals surface area contributed by atoms with E-state index in [1.54, 1.807) is 0 Å². The fraction of sp³-hybridized carbons (Fsp3) is 0.867. The van der Waals surface area contributed by atoms with Crippen molar-refractivity contribution in [2.75, 3.05) is 0 Å². The second kappa shape index (κ2) is 6.71. The Kier molecular flexibility index (Phi) is 5.17. The highest BCUT2D eigenvalue weighted by Gasteiger charge is 2.39. The van der Waals surface area contributed by atoms with Gasteiger partial charge in [-0.2, -0.15) is 0 Å². The van der Waals surface area contributed by atoms with Crippen LogP contribution >= 0.6 is 0 Å². The number of hydrogen-bond donors (Lipinski definition) is 2. The summed E-state index contributed by atoms with van der Waals surface area (Å²) in [6.07, 6.45) is 3.83. The molecule has 1 amide bonds. The van der Waals surface area contributed by atoms with Crippen molar-refractivity contribution in [3.8, 4) is 0 Å². The molecule has 2 rings (SSSR count). The van der Waals surface area contributed by atoms with Crippen LogP contribution in [-0.2, 0) is 9.59 Å². The second-order valence-corrected chi connectivity index (χ2v) is 6.33. The third kappa shape index (κ3) is 4.38. The van der Waals surface area contributed by atoms with E-state index in [0.717, 1.165) is 19.3 Å². The van der Waals surface area contributed by atoms with Crippen LogP contribution in [0.2, 0.25) is 0 Å². The first-order chi connectivity index (χ1) is 9.89. The fourth-order valence-corrected chi connectivity index (χ4v) is 3.38. The largest absolute Gasteiger partial charge is 0.481 e. The number of amides is 1. The minimum atomic E-state index is -2.65. The van der Waals surface area contributed by atoms with Gasteiger partial charge < -0.3 is 10.4 Å². The lowest BCUT2D eigenvalue weighted by Gasteiger charge is -2.30. The van der Waals surface area contributed by atoms with Crippen LogP contribution in [0.5, 0.6) is 0 Å². The molecule has 0 aromatic heterocycles. The molecule has 6 heteroatoms. The number of carboxylic acid groups (broad SMARTS) is 1. The van der Waals surface area contributed by atoms with Crippen molar-refractivity contribution in [3.63, 3.8) is 0 Å². The highest BCUT2D eigenvalue weighted by atomic mass is 19.3. The van der Waals surface area contributed by atoms with Crippen molar-refractivity contribution in [1.82, 2.24) is 5.32 Å². The summed E-state index contributed by atoms with van der Waals surface area (Å²) >= 11 is 0. The van der Waals surface area contributed by atoms with Crippen LogP contribution < -0.4 is 5.32 Å². The molecule has 120 valence electrons. The Morgan fingerprint density at radius 2 is 1.62 bits per heavy atom. The van der Waals surface area contributed by atoms with Crippen LogP contribution in [0.4, 0.5) is 8.78 Å². The molecular formula is C15H23F2NO3. The van der Waals surface area contributed by atoms with Crippen LogP contribution in [0.1, 0.15) is 57.8 Å². The topological polar surface area (TPSA) is 66.4 Å². The molecule has 2 N–H and O–H groups in total. The summed E-state index contributed by atoms with van der Waals surface area (Å²) in [6.45, 7) is 0. The molecule has 0 aromatic carbocycles. The molecule has 0 aromatic rings. The lowest BCUT2D eigenvalue weighted by atomic mass is 9.85. The third-order valence-corrected chi connectivity index (χ3v) is 4.75. The number of aliphatic carboxylic acids is 1. The molecule has 0 radical (unpaired) electrons. The van der Waals surface area contributed by atoms with Gasteiger partial charge in [0.05, 0.1) is 5.92 Å². The molecule has 2 aliphatic rings. The van der Waals surface area contributed by atoms with Gasteiger partial charge in [-0.25, -0.2) is 8.78 Å². The van der Waals surface area contributed by atoms with Gasteiger partial charge in [0.1, 0.15) is 0 Å². The number of alkyl halides is 2. The normalized spacial score (nSPS) is 30.4. The number of rotatable bonds is 3. The number of carbonyl (C=O) groups is 2.